The van der Waals surface area contributed by atoms with Gasteiger partial charge in [0.1, 0.15) is 0 Å². The molecular weight excluding hydrogens is 278 g/mol. The van der Waals surface area contributed by atoms with Crippen molar-refractivity contribution in [3.63, 3.8) is 0 Å². The van der Waals surface area contributed by atoms with Crippen LogP contribution in [0.15, 0.2) is 30.3 Å². The lowest BCUT2D eigenvalue weighted by Gasteiger charge is -2.27. The predicted molar refractivity (Wildman–Crippen MR) is 88.3 cm³/mol. The van der Waals surface area contributed by atoms with E-state index in [1.54, 1.807) is 17.1 Å². The maximum atomic E-state index is 12.4. The van der Waals surface area contributed by atoms with Gasteiger partial charge in [-0.25, -0.2) is 0 Å². The Hall–Kier alpha value is -2.10. The molecule has 0 saturated carbocycles. The zero-order chi connectivity index (χ0) is 16.5. The first-order chi connectivity index (χ1) is 10.5. The summed E-state index contributed by atoms with van der Waals surface area (Å²) in [5.41, 5.74) is 2.17. The van der Waals surface area contributed by atoms with Crippen molar-refractivity contribution in [2.75, 3.05) is 13.7 Å². The number of hydrogen-bond acceptors (Lipinski definition) is 3. The molecule has 0 fully saturated rings. The number of nitrogens with zero attached hydrogens (tertiary/aromatic N) is 1. The lowest BCUT2D eigenvalue weighted by molar-refractivity contribution is -0.141. The summed E-state index contributed by atoms with van der Waals surface area (Å²) in [6.45, 7) is 6.40. The minimum atomic E-state index is -0.302. The van der Waals surface area contributed by atoms with Crippen molar-refractivity contribution in [3.05, 3.63) is 41.5 Å². The Labute approximate surface area is 132 Å². The van der Waals surface area contributed by atoms with E-state index in [0.717, 1.165) is 12.0 Å². The van der Waals surface area contributed by atoms with E-state index in [-0.39, 0.29) is 24.3 Å². The molecule has 0 spiro atoms. The van der Waals surface area contributed by atoms with Crippen LogP contribution in [0.25, 0.3) is 6.08 Å². The van der Waals surface area contributed by atoms with Crippen LogP contribution in [0.5, 0.6) is 0 Å². The zero-order valence-corrected chi connectivity index (χ0v) is 13.8. The number of carbonyl (C=O) groups excluding carboxylic acids is 2. The molecule has 0 heterocycles. The SMILES string of the molecule is CCC(C)N(CCC(=O)OC)C(=O)/C=C/c1ccc(C)cc1. The number of methoxy groups -OCH3 is 1. The van der Waals surface area contributed by atoms with Gasteiger partial charge >= 0.3 is 5.97 Å². The fourth-order valence-electron chi connectivity index (χ4n) is 2.02. The monoisotopic (exact) mass is 303 g/mol. The molecule has 0 bridgehead atoms. The molecule has 0 saturated heterocycles. The summed E-state index contributed by atoms with van der Waals surface area (Å²) in [4.78, 5) is 25.4. The molecule has 1 unspecified atom stereocenters. The number of amides is 1. The minimum absolute atomic E-state index is 0.0832. The van der Waals surface area contributed by atoms with E-state index in [2.05, 4.69) is 4.74 Å². The third-order valence-electron chi connectivity index (χ3n) is 3.69. The summed E-state index contributed by atoms with van der Waals surface area (Å²) in [7, 11) is 1.36. The molecule has 120 valence electrons. The van der Waals surface area contributed by atoms with Crippen LogP contribution in [-0.2, 0) is 14.3 Å². The number of aryl methyl sites for hydroxylation is 1. The summed E-state index contributed by atoms with van der Waals surface area (Å²) < 4.78 is 4.64. The lowest BCUT2D eigenvalue weighted by Crippen LogP contribution is -2.38. The van der Waals surface area contributed by atoms with Crippen molar-refractivity contribution < 1.29 is 14.3 Å². The minimum Gasteiger partial charge on any atom is -0.469 e. The summed E-state index contributed by atoms with van der Waals surface area (Å²) in [6.07, 6.45) is 4.42. The van der Waals surface area contributed by atoms with Gasteiger partial charge in [-0.2, -0.15) is 0 Å². The van der Waals surface area contributed by atoms with Gasteiger partial charge in [-0.05, 0) is 31.9 Å². The maximum Gasteiger partial charge on any atom is 0.307 e. The molecule has 1 aromatic carbocycles. The third-order valence-corrected chi connectivity index (χ3v) is 3.69. The second-order valence-corrected chi connectivity index (χ2v) is 5.36. The van der Waals surface area contributed by atoms with E-state index >= 15 is 0 Å². The van der Waals surface area contributed by atoms with Crippen molar-refractivity contribution in [1.82, 2.24) is 4.90 Å². The van der Waals surface area contributed by atoms with Crippen LogP contribution in [0, 0.1) is 6.92 Å². The van der Waals surface area contributed by atoms with E-state index in [1.165, 1.54) is 12.7 Å². The van der Waals surface area contributed by atoms with Gasteiger partial charge in [0.05, 0.1) is 13.5 Å². The van der Waals surface area contributed by atoms with E-state index in [1.807, 2.05) is 45.0 Å². The molecule has 0 aliphatic heterocycles. The lowest BCUT2D eigenvalue weighted by atomic mass is 10.1. The van der Waals surface area contributed by atoms with Crippen molar-refractivity contribution in [1.29, 1.82) is 0 Å². The van der Waals surface area contributed by atoms with Crippen LogP contribution in [-0.4, -0.2) is 36.5 Å². The molecule has 1 atom stereocenters. The Morgan fingerprint density at radius 1 is 1.27 bits per heavy atom. The normalized spacial score (nSPS) is 12.2. The van der Waals surface area contributed by atoms with Gasteiger partial charge in [0.15, 0.2) is 0 Å². The number of esters is 1. The molecule has 1 rings (SSSR count). The largest absolute Gasteiger partial charge is 0.469 e. The second-order valence-electron chi connectivity index (χ2n) is 5.36. The van der Waals surface area contributed by atoms with Gasteiger partial charge in [0, 0.05) is 18.7 Å². The third kappa shape index (κ3) is 5.72. The molecule has 0 aromatic heterocycles. The first kappa shape index (κ1) is 18.0. The number of ether oxygens (including phenoxy) is 1. The van der Waals surface area contributed by atoms with Crippen LogP contribution in [0.4, 0.5) is 0 Å². The van der Waals surface area contributed by atoms with Crippen LogP contribution in [0.2, 0.25) is 0 Å². The molecule has 1 amide bonds. The molecule has 4 heteroatoms. The van der Waals surface area contributed by atoms with Crippen molar-refractivity contribution in [2.45, 2.75) is 39.7 Å². The Bertz CT molecular complexity index is 520. The first-order valence-corrected chi connectivity index (χ1v) is 7.60. The fourth-order valence-corrected chi connectivity index (χ4v) is 2.02. The molecule has 4 nitrogen and oxygen atoms in total. The average molecular weight is 303 g/mol. The molecule has 1 aromatic rings. The van der Waals surface area contributed by atoms with Gasteiger partial charge < -0.3 is 9.64 Å². The van der Waals surface area contributed by atoms with E-state index < -0.39 is 0 Å². The highest BCUT2D eigenvalue weighted by Gasteiger charge is 2.17. The average Bonchev–Trinajstić information content (AvgIpc) is 2.53. The van der Waals surface area contributed by atoms with Crippen LogP contribution in [0.1, 0.15) is 37.8 Å². The molecule has 0 N–H and O–H groups in total. The molecule has 22 heavy (non-hydrogen) atoms. The van der Waals surface area contributed by atoms with Gasteiger partial charge in [-0.1, -0.05) is 36.8 Å². The van der Waals surface area contributed by atoms with Crippen LogP contribution < -0.4 is 0 Å². The highest BCUT2D eigenvalue weighted by atomic mass is 16.5. The Morgan fingerprint density at radius 2 is 1.91 bits per heavy atom. The van der Waals surface area contributed by atoms with Crippen LogP contribution in [0.3, 0.4) is 0 Å². The fraction of sp³-hybridized carbons (Fsp3) is 0.444. The Morgan fingerprint density at radius 3 is 2.45 bits per heavy atom. The van der Waals surface area contributed by atoms with Gasteiger partial charge in [0.2, 0.25) is 5.91 Å². The number of carbonyl (C=O) groups is 2. The van der Waals surface area contributed by atoms with Crippen molar-refractivity contribution in [2.24, 2.45) is 0 Å². The zero-order valence-electron chi connectivity index (χ0n) is 13.8. The van der Waals surface area contributed by atoms with Crippen molar-refractivity contribution >= 4 is 18.0 Å². The first-order valence-electron chi connectivity index (χ1n) is 7.60. The maximum absolute atomic E-state index is 12.4. The standard InChI is InChI=1S/C18H25NO3/c1-5-15(3)19(13-12-18(21)22-4)17(20)11-10-16-8-6-14(2)7-9-16/h6-11,15H,5,12-13H2,1-4H3/b11-10+. The second kappa shape index (κ2) is 9.03. The summed E-state index contributed by atoms with van der Waals surface area (Å²) in [5, 5.41) is 0. The highest BCUT2D eigenvalue weighted by Crippen LogP contribution is 2.09. The molecule has 0 aliphatic rings. The summed E-state index contributed by atoms with van der Waals surface area (Å²) in [5.74, 6) is -0.387. The molecule has 0 aliphatic carbocycles. The number of rotatable bonds is 7. The highest BCUT2D eigenvalue weighted by molar-refractivity contribution is 5.92. The number of benzene rings is 1. The van der Waals surface area contributed by atoms with Gasteiger partial charge in [0.25, 0.3) is 0 Å². The molecule has 0 radical (unpaired) electrons. The van der Waals surface area contributed by atoms with Crippen molar-refractivity contribution in [3.8, 4) is 0 Å². The Balaban J connectivity index is 2.74. The van der Waals surface area contributed by atoms with E-state index in [9.17, 15) is 9.59 Å². The quantitative estimate of drug-likeness (QED) is 0.574. The topological polar surface area (TPSA) is 46.6 Å². The van der Waals surface area contributed by atoms with E-state index in [4.69, 9.17) is 0 Å². The van der Waals surface area contributed by atoms with E-state index in [0.29, 0.717) is 6.54 Å². The summed E-state index contributed by atoms with van der Waals surface area (Å²) in [6, 6.07) is 8.05. The summed E-state index contributed by atoms with van der Waals surface area (Å²) >= 11 is 0. The predicted octanol–water partition coefficient (Wildman–Crippen LogP) is 3.20. The Kier molecular flexibility index (Phi) is 7.37. The van der Waals surface area contributed by atoms with Crippen LogP contribution >= 0.6 is 0 Å². The number of hydrogen-bond donors (Lipinski definition) is 0. The van der Waals surface area contributed by atoms with Gasteiger partial charge in [-0.3, -0.25) is 9.59 Å². The smallest absolute Gasteiger partial charge is 0.307 e. The molecular formula is C18H25NO3. The van der Waals surface area contributed by atoms with Gasteiger partial charge in [-0.15, -0.1) is 0 Å².